The molecule has 0 aliphatic carbocycles. The average molecular weight is 444 g/mol. The number of nitrogens with zero attached hydrogens (tertiary/aromatic N) is 3. The zero-order valence-electron chi connectivity index (χ0n) is 15.1. The Kier molecular flexibility index (Phi) is 5.67. The molecule has 0 amide bonds. The van der Waals surface area contributed by atoms with Gasteiger partial charge >= 0.3 is 0 Å². The maximum atomic E-state index is 11.3. The van der Waals surface area contributed by atoms with Gasteiger partial charge in [-0.3, -0.25) is 0 Å². The number of thiophene rings is 1. The van der Waals surface area contributed by atoms with Crippen LogP contribution in [0.1, 0.15) is 5.56 Å². The minimum absolute atomic E-state index is 0.106. The van der Waals surface area contributed by atoms with Gasteiger partial charge in [0.2, 0.25) is 16.0 Å². The summed E-state index contributed by atoms with van der Waals surface area (Å²) in [4.78, 5) is 14.7. The third-order valence-corrected chi connectivity index (χ3v) is 6.77. The van der Waals surface area contributed by atoms with Crippen molar-refractivity contribution in [1.82, 2.24) is 15.0 Å². The van der Waals surface area contributed by atoms with Crippen molar-refractivity contribution in [3.8, 4) is 21.1 Å². The van der Waals surface area contributed by atoms with Gasteiger partial charge in [-0.15, -0.1) is 22.7 Å². The number of aromatic nitrogens is 3. The van der Waals surface area contributed by atoms with Gasteiger partial charge < -0.3 is 5.32 Å². The fourth-order valence-corrected chi connectivity index (χ4v) is 4.64. The lowest BCUT2D eigenvalue weighted by atomic mass is 10.1. The van der Waals surface area contributed by atoms with Crippen LogP contribution in [0.4, 0.5) is 5.95 Å². The van der Waals surface area contributed by atoms with E-state index in [4.69, 9.17) is 5.14 Å². The lowest BCUT2D eigenvalue weighted by molar-refractivity contribution is 0.598. The Morgan fingerprint density at radius 3 is 2.52 bits per heavy atom. The predicted molar refractivity (Wildman–Crippen MR) is 116 cm³/mol. The van der Waals surface area contributed by atoms with Crippen LogP contribution in [-0.2, 0) is 16.4 Å². The Morgan fingerprint density at radius 2 is 1.86 bits per heavy atom. The molecule has 1 aromatic carbocycles. The molecule has 0 bridgehead atoms. The molecule has 4 rings (SSSR count). The van der Waals surface area contributed by atoms with Crippen molar-refractivity contribution in [2.24, 2.45) is 5.14 Å². The molecule has 0 aliphatic heterocycles. The van der Waals surface area contributed by atoms with Crippen LogP contribution in [0.5, 0.6) is 0 Å². The highest BCUT2D eigenvalue weighted by atomic mass is 32.2. The van der Waals surface area contributed by atoms with E-state index in [0.29, 0.717) is 18.9 Å². The van der Waals surface area contributed by atoms with Crippen LogP contribution in [0, 0.1) is 0 Å². The molecule has 0 aliphatic rings. The Hall–Kier alpha value is -2.66. The molecule has 0 radical (unpaired) electrons. The molecule has 4 aromatic rings. The van der Waals surface area contributed by atoms with E-state index >= 15 is 0 Å². The second kappa shape index (κ2) is 8.37. The molecular weight excluding hydrogens is 426 g/mol. The molecule has 7 nitrogen and oxygen atoms in total. The number of sulfonamides is 1. The van der Waals surface area contributed by atoms with Crippen molar-refractivity contribution in [3.63, 3.8) is 0 Å². The molecule has 3 aromatic heterocycles. The summed E-state index contributed by atoms with van der Waals surface area (Å²) in [5.74, 6) is 0.525. The summed E-state index contributed by atoms with van der Waals surface area (Å²) in [5, 5.41) is 13.1. The first kappa shape index (κ1) is 19.6. The molecule has 0 fully saturated rings. The Bertz CT molecular complexity index is 1190. The predicted octanol–water partition coefficient (Wildman–Crippen LogP) is 3.63. The van der Waals surface area contributed by atoms with E-state index < -0.39 is 10.0 Å². The minimum Gasteiger partial charge on any atom is -0.354 e. The number of primary sulfonamides is 1. The smallest absolute Gasteiger partial charge is 0.238 e. The number of thiazole rings is 1. The van der Waals surface area contributed by atoms with Crippen LogP contribution in [0.25, 0.3) is 21.1 Å². The van der Waals surface area contributed by atoms with Crippen LogP contribution in [0.15, 0.2) is 64.4 Å². The van der Waals surface area contributed by atoms with Gasteiger partial charge in [-0.05, 0) is 35.6 Å². The zero-order valence-corrected chi connectivity index (χ0v) is 17.6. The Labute approximate surface area is 176 Å². The first-order chi connectivity index (χ1) is 14.0. The lowest BCUT2D eigenvalue weighted by Gasteiger charge is -2.09. The van der Waals surface area contributed by atoms with Crippen LogP contribution >= 0.6 is 22.7 Å². The third-order valence-electron chi connectivity index (χ3n) is 4.16. The highest BCUT2D eigenvalue weighted by molar-refractivity contribution is 7.89. The van der Waals surface area contributed by atoms with Gasteiger partial charge in [-0.25, -0.2) is 28.5 Å². The molecule has 0 saturated carbocycles. The van der Waals surface area contributed by atoms with E-state index in [1.165, 1.54) is 23.5 Å². The van der Waals surface area contributed by atoms with Crippen molar-refractivity contribution < 1.29 is 8.42 Å². The monoisotopic (exact) mass is 443 g/mol. The van der Waals surface area contributed by atoms with Gasteiger partial charge in [0.15, 0.2) is 0 Å². The fourth-order valence-electron chi connectivity index (χ4n) is 2.75. The molecule has 148 valence electrons. The fraction of sp³-hybridized carbons (Fsp3) is 0.105. The number of anilines is 1. The highest BCUT2D eigenvalue weighted by Gasteiger charge is 2.14. The summed E-state index contributed by atoms with van der Waals surface area (Å²) in [7, 11) is -3.67. The summed E-state index contributed by atoms with van der Waals surface area (Å²) in [6.07, 6.45) is 4.27. The lowest BCUT2D eigenvalue weighted by Crippen LogP contribution is -2.12. The molecule has 10 heteroatoms. The molecular formula is C19H17N5O2S3. The van der Waals surface area contributed by atoms with Gasteiger partial charge in [0.05, 0.1) is 4.90 Å². The topological polar surface area (TPSA) is 111 Å². The van der Waals surface area contributed by atoms with Gasteiger partial charge in [-0.2, -0.15) is 0 Å². The SMILES string of the molecule is NS(=O)(=O)c1ccc(CCNc2ncc(-c3cccs3)c(-c3nccs3)n2)cc1. The number of nitrogens with two attached hydrogens (primary N) is 1. The molecule has 0 saturated heterocycles. The third kappa shape index (κ3) is 4.67. The number of nitrogens with one attached hydrogen (secondary N) is 1. The van der Waals surface area contributed by atoms with Crippen molar-refractivity contribution in [2.75, 3.05) is 11.9 Å². The normalized spacial score (nSPS) is 11.5. The van der Waals surface area contributed by atoms with Crippen molar-refractivity contribution in [2.45, 2.75) is 11.3 Å². The number of rotatable bonds is 7. The Balaban J connectivity index is 1.49. The highest BCUT2D eigenvalue weighted by Crippen LogP contribution is 2.34. The van der Waals surface area contributed by atoms with E-state index in [-0.39, 0.29) is 4.90 Å². The maximum absolute atomic E-state index is 11.3. The van der Waals surface area contributed by atoms with E-state index in [2.05, 4.69) is 20.3 Å². The molecule has 3 heterocycles. The molecule has 0 spiro atoms. The largest absolute Gasteiger partial charge is 0.354 e. The van der Waals surface area contributed by atoms with Crippen molar-refractivity contribution in [1.29, 1.82) is 0 Å². The van der Waals surface area contributed by atoms with E-state index in [1.54, 1.807) is 29.7 Å². The summed E-state index contributed by atoms with van der Waals surface area (Å²) in [6.45, 7) is 0.602. The van der Waals surface area contributed by atoms with E-state index in [9.17, 15) is 8.42 Å². The summed E-state index contributed by atoms with van der Waals surface area (Å²) >= 11 is 3.17. The van der Waals surface area contributed by atoms with E-state index in [0.717, 1.165) is 26.7 Å². The van der Waals surface area contributed by atoms with Crippen LogP contribution in [0.2, 0.25) is 0 Å². The quantitative estimate of drug-likeness (QED) is 0.451. The van der Waals surface area contributed by atoms with E-state index in [1.807, 2.05) is 29.1 Å². The number of benzene rings is 1. The Morgan fingerprint density at radius 1 is 1.03 bits per heavy atom. The van der Waals surface area contributed by atoms with Crippen LogP contribution in [0.3, 0.4) is 0 Å². The second-order valence-corrected chi connectivity index (χ2v) is 9.54. The first-order valence-electron chi connectivity index (χ1n) is 8.67. The summed E-state index contributed by atoms with van der Waals surface area (Å²) in [6, 6.07) is 10.6. The van der Waals surface area contributed by atoms with Gasteiger partial charge in [0.1, 0.15) is 10.7 Å². The zero-order chi connectivity index (χ0) is 20.3. The van der Waals surface area contributed by atoms with Gasteiger partial charge in [0.25, 0.3) is 0 Å². The minimum atomic E-state index is -3.67. The molecule has 3 N–H and O–H groups in total. The van der Waals surface area contributed by atoms with Crippen molar-refractivity contribution in [3.05, 3.63) is 65.1 Å². The average Bonchev–Trinajstić information content (AvgIpc) is 3.42. The standard InChI is InChI=1S/C19H17N5O2S3/c20-29(25,26)14-5-3-13(4-6-14)7-8-22-19-23-12-15(16-2-1-10-27-16)17(24-19)18-21-9-11-28-18/h1-6,9-12H,7-8H2,(H2,20,25,26)(H,22,23,24). The summed E-state index contributed by atoms with van der Waals surface area (Å²) < 4.78 is 22.7. The molecule has 0 unspecified atom stereocenters. The number of hydrogen-bond donors (Lipinski definition) is 2. The van der Waals surface area contributed by atoms with Gasteiger partial charge in [-0.1, -0.05) is 18.2 Å². The maximum Gasteiger partial charge on any atom is 0.238 e. The van der Waals surface area contributed by atoms with Crippen LogP contribution in [-0.4, -0.2) is 29.9 Å². The van der Waals surface area contributed by atoms with Gasteiger partial charge in [0, 0.05) is 34.8 Å². The second-order valence-electron chi connectivity index (χ2n) is 6.14. The molecule has 0 atom stereocenters. The van der Waals surface area contributed by atoms with Crippen molar-refractivity contribution >= 4 is 38.6 Å². The number of hydrogen-bond acceptors (Lipinski definition) is 8. The molecule has 29 heavy (non-hydrogen) atoms. The van der Waals surface area contributed by atoms with Crippen LogP contribution < -0.4 is 10.5 Å². The summed E-state index contributed by atoms with van der Waals surface area (Å²) in [5.41, 5.74) is 2.75. The first-order valence-corrected chi connectivity index (χ1v) is 12.0.